The quantitative estimate of drug-likeness (QED) is 0.594. The molecular weight excluding hydrogens is 126 g/mol. The van der Waals surface area contributed by atoms with Crippen LogP contribution < -0.4 is 0 Å². The lowest BCUT2D eigenvalue weighted by molar-refractivity contribution is 0.298. The van der Waals surface area contributed by atoms with Crippen LogP contribution >= 0.6 is 0 Å². The first-order valence-corrected chi connectivity index (χ1v) is 3.61. The second-order valence-electron chi connectivity index (χ2n) is 2.02. The SMILES string of the molecule is CC=N/C=C(\CC)CCO. The topological polar surface area (TPSA) is 32.6 Å². The van der Waals surface area contributed by atoms with Crippen molar-refractivity contribution in [3.05, 3.63) is 11.8 Å². The molecule has 0 aliphatic carbocycles. The summed E-state index contributed by atoms with van der Waals surface area (Å²) < 4.78 is 0. The zero-order valence-electron chi connectivity index (χ0n) is 6.67. The van der Waals surface area contributed by atoms with E-state index in [1.807, 2.05) is 13.1 Å². The number of rotatable bonds is 4. The van der Waals surface area contributed by atoms with Crippen LogP contribution in [0.3, 0.4) is 0 Å². The maximum absolute atomic E-state index is 8.57. The first-order valence-electron chi connectivity index (χ1n) is 3.61. The number of hydrogen-bond acceptors (Lipinski definition) is 2. The molecule has 0 aromatic heterocycles. The highest BCUT2D eigenvalue weighted by Gasteiger charge is 1.89. The van der Waals surface area contributed by atoms with Crippen LogP contribution in [0, 0.1) is 0 Å². The Bertz CT molecular complexity index is 127. The summed E-state index contributed by atoms with van der Waals surface area (Å²) in [6, 6.07) is 0. The number of hydrogen-bond donors (Lipinski definition) is 1. The molecule has 58 valence electrons. The van der Waals surface area contributed by atoms with Gasteiger partial charge in [0, 0.05) is 19.0 Å². The van der Waals surface area contributed by atoms with Crippen LogP contribution in [0.5, 0.6) is 0 Å². The molecule has 2 nitrogen and oxygen atoms in total. The second-order valence-corrected chi connectivity index (χ2v) is 2.02. The van der Waals surface area contributed by atoms with E-state index < -0.39 is 0 Å². The molecule has 10 heavy (non-hydrogen) atoms. The van der Waals surface area contributed by atoms with Gasteiger partial charge in [-0.1, -0.05) is 6.92 Å². The predicted octanol–water partition coefficient (Wildman–Crippen LogP) is 1.75. The molecule has 1 N–H and O–H groups in total. The summed E-state index contributed by atoms with van der Waals surface area (Å²) in [6.07, 6.45) is 5.27. The van der Waals surface area contributed by atoms with Gasteiger partial charge in [0.05, 0.1) is 0 Å². The third kappa shape index (κ3) is 4.27. The van der Waals surface area contributed by atoms with Crippen LogP contribution in [0.15, 0.2) is 16.8 Å². The molecule has 0 rings (SSSR count). The van der Waals surface area contributed by atoms with Crippen molar-refractivity contribution in [3.63, 3.8) is 0 Å². The summed E-state index contributed by atoms with van der Waals surface area (Å²) in [5, 5.41) is 8.57. The maximum Gasteiger partial charge on any atom is 0.0468 e. The van der Waals surface area contributed by atoms with Gasteiger partial charge in [0.25, 0.3) is 0 Å². The molecule has 0 heterocycles. The van der Waals surface area contributed by atoms with Crippen molar-refractivity contribution in [2.45, 2.75) is 26.7 Å². The summed E-state index contributed by atoms with van der Waals surface area (Å²) in [6.45, 7) is 4.16. The van der Waals surface area contributed by atoms with Gasteiger partial charge in [0.15, 0.2) is 0 Å². The van der Waals surface area contributed by atoms with E-state index in [4.69, 9.17) is 5.11 Å². The maximum atomic E-state index is 8.57. The van der Waals surface area contributed by atoms with Gasteiger partial charge >= 0.3 is 0 Å². The largest absolute Gasteiger partial charge is 0.396 e. The first kappa shape index (κ1) is 9.37. The van der Waals surface area contributed by atoms with Crippen molar-refractivity contribution >= 4 is 6.21 Å². The molecule has 0 radical (unpaired) electrons. The van der Waals surface area contributed by atoms with E-state index >= 15 is 0 Å². The van der Waals surface area contributed by atoms with E-state index in [0.29, 0.717) is 0 Å². The molecule has 0 aliphatic rings. The van der Waals surface area contributed by atoms with Crippen molar-refractivity contribution in [2.75, 3.05) is 6.61 Å². The molecule has 0 aliphatic heterocycles. The summed E-state index contributed by atoms with van der Waals surface area (Å²) in [7, 11) is 0. The zero-order chi connectivity index (χ0) is 7.82. The summed E-state index contributed by atoms with van der Waals surface area (Å²) in [4.78, 5) is 3.96. The van der Waals surface area contributed by atoms with Crippen LogP contribution in [-0.4, -0.2) is 17.9 Å². The number of aliphatic imine (C=N–C) groups is 1. The third-order valence-electron chi connectivity index (χ3n) is 1.29. The monoisotopic (exact) mass is 141 g/mol. The molecule has 0 amide bonds. The van der Waals surface area contributed by atoms with Gasteiger partial charge in [0.2, 0.25) is 0 Å². The van der Waals surface area contributed by atoms with Gasteiger partial charge in [-0.15, -0.1) is 0 Å². The number of aliphatic hydroxyl groups is 1. The highest BCUT2D eigenvalue weighted by molar-refractivity contribution is 5.54. The van der Waals surface area contributed by atoms with E-state index in [-0.39, 0.29) is 6.61 Å². The zero-order valence-corrected chi connectivity index (χ0v) is 6.67. The summed E-state index contributed by atoms with van der Waals surface area (Å²) in [5.41, 5.74) is 1.20. The Morgan fingerprint density at radius 2 is 2.30 bits per heavy atom. The van der Waals surface area contributed by atoms with Gasteiger partial charge in [0.1, 0.15) is 0 Å². The molecule has 0 unspecified atom stereocenters. The van der Waals surface area contributed by atoms with E-state index in [9.17, 15) is 0 Å². The second kappa shape index (κ2) is 6.49. The van der Waals surface area contributed by atoms with E-state index in [0.717, 1.165) is 12.8 Å². The van der Waals surface area contributed by atoms with Crippen molar-refractivity contribution in [1.82, 2.24) is 0 Å². The van der Waals surface area contributed by atoms with E-state index in [2.05, 4.69) is 11.9 Å². The molecule has 2 heteroatoms. The van der Waals surface area contributed by atoms with Crippen molar-refractivity contribution in [3.8, 4) is 0 Å². The van der Waals surface area contributed by atoms with Crippen LogP contribution in [0.1, 0.15) is 26.7 Å². The number of aliphatic hydroxyl groups excluding tert-OH is 1. The smallest absolute Gasteiger partial charge is 0.0468 e. The normalized spacial score (nSPS) is 12.9. The van der Waals surface area contributed by atoms with Gasteiger partial charge < -0.3 is 5.11 Å². The molecule has 0 atom stereocenters. The lowest BCUT2D eigenvalue weighted by atomic mass is 10.2. The van der Waals surface area contributed by atoms with Crippen molar-refractivity contribution in [2.24, 2.45) is 4.99 Å². The van der Waals surface area contributed by atoms with Crippen LogP contribution in [0.4, 0.5) is 0 Å². The Labute approximate surface area is 62.3 Å². The predicted molar refractivity (Wildman–Crippen MR) is 44.2 cm³/mol. The van der Waals surface area contributed by atoms with E-state index in [1.54, 1.807) is 6.21 Å². The van der Waals surface area contributed by atoms with Gasteiger partial charge in [-0.2, -0.15) is 0 Å². The van der Waals surface area contributed by atoms with Crippen molar-refractivity contribution in [1.29, 1.82) is 0 Å². The Morgan fingerprint density at radius 3 is 2.70 bits per heavy atom. The Balaban J connectivity index is 3.78. The van der Waals surface area contributed by atoms with Crippen LogP contribution in [-0.2, 0) is 0 Å². The molecule has 0 fully saturated rings. The first-order chi connectivity index (χ1) is 4.85. The van der Waals surface area contributed by atoms with Crippen LogP contribution in [0.2, 0.25) is 0 Å². The van der Waals surface area contributed by atoms with Crippen molar-refractivity contribution < 1.29 is 5.11 Å². The summed E-state index contributed by atoms with van der Waals surface area (Å²) in [5.74, 6) is 0. The highest BCUT2D eigenvalue weighted by Crippen LogP contribution is 2.04. The summed E-state index contributed by atoms with van der Waals surface area (Å²) >= 11 is 0. The molecule has 0 saturated heterocycles. The molecule has 0 saturated carbocycles. The van der Waals surface area contributed by atoms with Crippen LogP contribution in [0.25, 0.3) is 0 Å². The fraction of sp³-hybridized carbons (Fsp3) is 0.625. The average molecular weight is 141 g/mol. The molecule has 0 bridgehead atoms. The van der Waals surface area contributed by atoms with Gasteiger partial charge in [-0.05, 0) is 25.3 Å². The minimum Gasteiger partial charge on any atom is -0.396 e. The molecular formula is C8H15NO. The Kier molecular flexibility index (Phi) is 6.08. The fourth-order valence-electron chi connectivity index (χ4n) is 0.656. The van der Waals surface area contributed by atoms with Gasteiger partial charge in [-0.25, -0.2) is 0 Å². The molecule has 0 aromatic rings. The lowest BCUT2D eigenvalue weighted by Crippen LogP contribution is -1.86. The minimum absolute atomic E-state index is 0.221. The Hall–Kier alpha value is -0.630. The molecule has 0 aromatic carbocycles. The third-order valence-corrected chi connectivity index (χ3v) is 1.29. The Morgan fingerprint density at radius 1 is 1.60 bits per heavy atom. The number of nitrogens with zero attached hydrogens (tertiary/aromatic N) is 1. The standard InChI is InChI=1S/C8H15NO/c1-3-8(5-6-10)7-9-4-2/h4,7,10H,3,5-6H2,1-2H3/b8-7+,9-4?. The molecule has 0 spiro atoms. The highest BCUT2D eigenvalue weighted by atomic mass is 16.2. The van der Waals surface area contributed by atoms with Gasteiger partial charge in [-0.3, -0.25) is 4.99 Å². The minimum atomic E-state index is 0.221. The van der Waals surface area contributed by atoms with E-state index in [1.165, 1.54) is 5.57 Å². The lowest BCUT2D eigenvalue weighted by Gasteiger charge is -1.97. The fourth-order valence-corrected chi connectivity index (χ4v) is 0.656. The average Bonchev–Trinajstić information content (AvgIpc) is 1.98.